The molecule has 0 aliphatic rings. The van der Waals surface area contributed by atoms with Gasteiger partial charge in [-0.2, -0.15) is 11.8 Å². The average molecular weight is 309 g/mol. The molecule has 0 radical (unpaired) electrons. The molecule has 0 saturated carbocycles. The summed E-state index contributed by atoms with van der Waals surface area (Å²) < 4.78 is 5.09. The maximum Gasteiger partial charge on any atom is 0.331 e. The molecule has 0 bridgehead atoms. The van der Waals surface area contributed by atoms with Crippen LogP contribution < -0.4 is 5.32 Å². The number of esters is 1. The molecule has 1 aromatic rings. The Morgan fingerprint density at radius 2 is 1.95 bits per heavy atom. The van der Waals surface area contributed by atoms with Crippen molar-refractivity contribution in [3.05, 3.63) is 35.9 Å². The Morgan fingerprint density at radius 3 is 2.52 bits per heavy atom. The smallest absolute Gasteiger partial charge is 0.331 e. The number of hydrogen-bond acceptors (Lipinski definition) is 4. The number of hydrogen-bond donors (Lipinski definition) is 1. The van der Waals surface area contributed by atoms with Crippen molar-refractivity contribution in [2.45, 2.75) is 38.6 Å². The van der Waals surface area contributed by atoms with Crippen LogP contribution >= 0.6 is 11.8 Å². The first kappa shape index (κ1) is 18.1. The van der Waals surface area contributed by atoms with E-state index in [9.17, 15) is 4.79 Å². The van der Waals surface area contributed by atoms with E-state index in [1.165, 1.54) is 26.4 Å². The van der Waals surface area contributed by atoms with Crippen LogP contribution in [0.25, 0.3) is 0 Å². The minimum absolute atomic E-state index is 0.210. The molecule has 118 valence electrons. The summed E-state index contributed by atoms with van der Waals surface area (Å²) in [5.41, 5.74) is 0.225. The number of nitrogens with one attached hydrogen (secondary N) is 1. The summed E-state index contributed by atoms with van der Waals surface area (Å²) in [5, 5.41) is 3.36. The van der Waals surface area contributed by atoms with Crippen molar-refractivity contribution in [2.75, 3.05) is 25.2 Å². The van der Waals surface area contributed by atoms with Crippen molar-refractivity contribution in [3.8, 4) is 0 Å². The highest BCUT2D eigenvalue weighted by Gasteiger charge is 2.40. The summed E-state index contributed by atoms with van der Waals surface area (Å²) in [4.78, 5) is 12.4. The molecule has 0 saturated heterocycles. The van der Waals surface area contributed by atoms with Gasteiger partial charge in [-0.05, 0) is 24.3 Å². The Morgan fingerprint density at radius 1 is 1.24 bits per heavy atom. The number of likely N-dealkylation sites (N-methyl/N-ethyl adjacent to an activating group) is 1. The SMILES string of the molecule is CCCCCSCC(NCC)(C(=O)OC)c1ccccc1. The van der Waals surface area contributed by atoms with Gasteiger partial charge in [0.05, 0.1) is 7.11 Å². The number of unbranched alkanes of at least 4 members (excludes halogenated alkanes) is 2. The second-order valence-corrected chi connectivity index (χ2v) is 6.16. The number of carbonyl (C=O) groups is 1. The Labute approximate surface area is 132 Å². The third kappa shape index (κ3) is 5.04. The number of rotatable bonds is 10. The van der Waals surface area contributed by atoms with Crippen molar-refractivity contribution >= 4 is 17.7 Å². The van der Waals surface area contributed by atoms with Gasteiger partial charge in [0.2, 0.25) is 0 Å². The Kier molecular flexibility index (Phi) is 8.47. The first-order chi connectivity index (χ1) is 10.2. The third-order valence-corrected chi connectivity index (χ3v) is 4.70. The number of methoxy groups -OCH3 is 1. The highest BCUT2D eigenvalue weighted by Crippen LogP contribution is 2.28. The lowest BCUT2D eigenvalue weighted by molar-refractivity contribution is -0.148. The van der Waals surface area contributed by atoms with Gasteiger partial charge >= 0.3 is 5.97 Å². The van der Waals surface area contributed by atoms with Crippen LogP contribution in [-0.2, 0) is 15.1 Å². The van der Waals surface area contributed by atoms with E-state index in [2.05, 4.69) is 12.2 Å². The van der Waals surface area contributed by atoms with Crippen LogP contribution in [-0.4, -0.2) is 31.1 Å². The fourth-order valence-electron chi connectivity index (χ4n) is 2.36. The molecule has 0 aliphatic carbocycles. The standard InChI is InChI=1S/C17H27NO2S/c1-4-6-10-13-21-14-17(18-5-2,16(19)20-3)15-11-8-7-9-12-15/h7-9,11-12,18H,4-6,10,13-14H2,1-3H3. The first-order valence-electron chi connectivity index (χ1n) is 7.68. The van der Waals surface area contributed by atoms with E-state index >= 15 is 0 Å². The predicted molar refractivity (Wildman–Crippen MR) is 90.7 cm³/mol. The zero-order valence-electron chi connectivity index (χ0n) is 13.4. The van der Waals surface area contributed by atoms with Gasteiger partial charge in [-0.3, -0.25) is 5.32 Å². The van der Waals surface area contributed by atoms with Gasteiger partial charge in [0.25, 0.3) is 0 Å². The number of ether oxygens (including phenoxy) is 1. The topological polar surface area (TPSA) is 38.3 Å². The van der Waals surface area contributed by atoms with Crippen LogP contribution in [0.5, 0.6) is 0 Å². The molecule has 3 nitrogen and oxygen atoms in total. The van der Waals surface area contributed by atoms with E-state index in [4.69, 9.17) is 4.74 Å². The molecule has 0 heterocycles. The minimum Gasteiger partial charge on any atom is -0.467 e. The molecular formula is C17H27NO2S. The zero-order chi connectivity index (χ0) is 15.6. The minimum atomic E-state index is -0.748. The molecule has 0 aliphatic heterocycles. The van der Waals surface area contributed by atoms with E-state index in [0.717, 1.165) is 17.9 Å². The van der Waals surface area contributed by atoms with Crippen molar-refractivity contribution < 1.29 is 9.53 Å². The molecule has 1 unspecified atom stereocenters. The largest absolute Gasteiger partial charge is 0.467 e. The predicted octanol–water partition coefficient (Wildman–Crippen LogP) is 3.59. The average Bonchev–Trinajstić information content (AvgIpc) is 2.53. The highest BCUT2D eigenvalue weighted by atomic mass is 32.2. The van der Waals surface area contributed by atoms with Crippen molar-refractivity contribution in [1.82, 2.24) is 5.32 Å². The molecule has 1 aromatic carbocycles. The van der Waals surface area contributed by atoms with Crippen LogP contribution in [0.15, 0.2) is 30.3 Å². The van der Waals surface area contributed by atoms with Gasteiger partial charge in [0, 0.05) is 5.75 Å². The summed E-state index contributed by atoms with van der Waals surface area (Å²) in [6.07, 6.45) is 3.65. The van der Waals surface area contributed by atoms with Crippen LogP contribution in [0.3, 0.4) is 0 Å². The summed E-state index contributed by atoms with van der Waals surface area (Å²) in [5.74, 6) is 1.56. The Balaban J connectivity index is 2.89. The molecule has 0 spiro atoms. The fraction of sp³-hybridized carbons (Fsp3) is 0.588. The van der Waals surface area contributed by atoms with Crippen molar-refractivity contribution in [3.63, 3.8) is 0 Å². The lowest BCUT2D eigenvalue weighted by Gasteiger charge is -2.32. The normalized spacial score (nSPS) is 13.7. The Bertz CT molecular complexity index is 411. The fourth-order valence-corrected chi connectivity index (χ4v) is 3.61. The molecule has 4 heteroatoms. The lowest BCUT2D eigenvalue weighted by atomic mass is 9.91. The van der Waals surface area contributed by atoms with Gasteiger partial charge in [-0.1, -0.05) is 57.0 Å². The lowest BCUT2D eigenvalue weighted by Crippen LogP contribution is -2.52. The van der Waals surface area contributed by atoms with Crippen LogP contribution in [0, 0.1) is 0 Å². The van der Waals surface area contributed by atoms with E-state index in [1.54, 1.807) is 0 Å². The van der Waals surface area contributed by atoms with Crippen LogP contribution in [0.2, 0.25) is 0 Å². The molecular weight excluding hydrogens is 282 g/mol. The van der Waals surface area contributed by atoms with Crippen molar-refractivity contribution in [1.29, 1.82) is 0 Å². The van der Waals surface area contributed by atoms with E-state index in [-0.39, 0.29) is 5.97 Å². The van der Waals surface area contributed by atoms with E-state index < -0.39 is 5.54 Å². The molecule has 0 fully saturated rings. The Hall–Kier alpha value is -1.00. The monoisotopic (exact) mass is 309 g/mol. The van der Waals surface area contributed by atoms with Gasteiger partial charge in [0.15, 0.2) is 5.54 Å². The third-order valence-electron chi connectivity index (χ3n) is 3.49. The summed E-state index contributed by atoms with van der Waals surface area (Å²) in [6.45, 7) is 4.94. The second kappa shape index (κ2) is 9.85. The molecule has 21 heavy (non-hydrogen) atoms. The van der Waals surface area contributed by atoms with E-state index in [0.29, 0.717) is 5.75 Å². The van der Waals surface area contributed by atoms with Crippen LogP contribution in [0.1, 0.15) is 38.7 Å². The molecule has 1 rings (SSSR count). The van der Waals surface area contributed by atoms with Crippen molar-refractivity contribution in [2.24, 2.45) is 0 Å². The highest BCUT2D eigenvalue weighted by molar-refractivity contribution is 7.99. The molecule has 1 N–H and O–H groups in total. The van der Waals surface area contributed by atoms with Gasteiger partial charge in [0.1, 0.15) is 0 Å². The zero-order valence-corrected chi connectivity index (χ0v) is 14.2. The number of carbonyl (C=O) groups excluding carboxylic acids is 1. The number of benzene rings is 1. The second-order valence-electron chi connectivity index (χ2n) is 5.05. The van der Waals surface area contributed by atoms with E-state index in [1.807, 2.05) is 49.0 Å². The summed E-state index contributed by atoms with van der Waals surface area (Å²) in [7, 11) is 1.46. The molecule has 0 amide bonds. The molecule has 0 aromatic heterocycles. The number of thioether (sulfide) groups is 1. The molecule has 1 atom stereocenters. The van der Waals surface area contributed by atoms with Crippen LogP contribution in [0.4, 0.5) is 0 Å². The summed E-state index contributed by atoms with van der Waals surface area (Å²) >= 11 is 1.82. The maximum atomic E-state index is 12.4. The summed E-state index contributed by atoms with van der Waals surface area (Å²) in [6, 6.07) is 9.88. The van der Waals surface area contributed by atoms with Gasteiger partial charge in [-0.15, -0.1) is 0 Å². The quantitative estimate of drug-likeness (QED) is 0.529. The first-order valence-corrected chi connectivity index (χ1v) is 8.83. The maximum absolute atomic E-state index is 12.4. The van der Waals surface area contributed by atoms with Gasteiger partial charge in [-0.25, -0.2) is 4.79 Å². The van der Waals surface area contributed by atoms with Gasteiger partial charge < -0.3 is 4.74 Å².